The molecule has 250 valence electrons. The number of imidazole rings is 1. The van der Waals surface area contributed by atoms with Crippen LogP contribution >= 0.6 is 20.1 Å². The number of nitrogens with zero attached hydrogens (tertiary/aromatic N) is 4. The fourth-order valence-electron chi connectivity index (χ4n) is 5.75. The van der Waals surface area contributed by atoms with Crippen molar-refractivity contribution in [3.8, 4) is 5.75 Å². The van der Waals surface area contributed by atoms with Gasteiger partial charge in [-0.2, -0.15) is 0 Å². The number of carbonyl (C=O) groups excluding carboxylic acids is 1. The van der Waals surface area contributed by atoms with Crippen molar-refractivity contribution in [2.75, 3.05) is 12.3 Å². The molecule has 4 atom stereocenters. The lowest BCUT2D eigenvalue weighted by atomic mass is 10.1. The third-order valence-electron chi connectivity index (χ3n) is 8.20. The number of benzene rings is 4. The molecule has 6 aromatic rings. The lowest BCUT2D eigenvalue weighted by Gasteiger charge is -2.25. The maximum Gasteiger partial charge on any atom is 0.324 e. The Balaban J connectivity index is 1.11. The summed E-state index contributed by atoms with van der Waals surface area (Å²) in [7, 11) is -1.87. The van der Waals surface area contributed by atoms with Gasteiger partial charge in [0, 0.05) is 5.39 Å². The number of hydrogen-bond acceptors (Lipinski definition) is 10. The monoisotopic (exact) mass is 696 g/mol. The Morgan fingerprint density at radius 3 is 2.51 bits per heavy atom. The Labute approximate surface area is 289 Å². The minimum Gasteiger partial charge on any atom is -0.460 e. The standard InChI is InChI=1S/C36H34ClN6O5P/c37-36-41-32-33(38)39-23-40-34(32)43(36)31-19-18-27(47-31)22-46-49(48-30-17-9-15-26-14-7-8-16-28(26)30)42-29(20-24-10-3-1-4-11-24)35(44)45-21-25-12-5-2-6-13-25/h1-17,23,27,29,31,42H,18-22H2,(H2,38,39,40). The first kappa shape index (κ1) is 32.9. The molecule has 13 heteroatoms. The predicted octanol–water partition coefficient (Wildman–Crippen LogP) is 7.16. The van der Waals surface area contributed by atoms with Crippen molar-refractivity contribution in [2.24, 2.45) is 0 Å². The van der Waals surface area contributed by atoms with E-state index in [1.54, 1.807) is 4.57 Å². The van der Waals surface area contributed by atoms with Crippen LogP contribution < -0.4 is 15.3 Å². The van der Waals surface area contributed by atoms with Gasteiger partial charge in [0.15, 0.2) is 17.0 Å². The number of aromatic nitrogens is 4. The van der Waals surface area contributed by atoms with Gasteiger partial charge < -0.3 is 24.3 Å². The normalized spacial score (nSPS) is 17.2. The van der Waals surface area contributed by atoms with Gasteiger partial charge in [-0.1, -0.05) is 97.1 Å². The van der Waals surface area contributed by atoms with Gasteiger partial charge in [0.2, 0.25) is 5.28 Å². The molecule has 49 heavy (non-hydrogen) atoms. The van der Waals surface area contributed by atoms with Crippen LogP contribution in [-0.4, -0.2) is 44.2 Å². The highest BCUT2D eigenvalue weighted by atomic mass is 35.5. The van der Waals surface area contributed by atoms with Crippen molar-refractivity contribution in [1.29, 1.82) is 0 Å². The van der Waals surface area contributed by atoms with Crippen LogP contribution in [0.2, 0.25) is 5.28 Å². The van der Waals surface area contributed by atoms with Gasteiger partial charge >= 0.3 is 14.5 Å². The summed E-state index contributed by atoms with van der Waals surface area (Å²) >= 11 is 6.50. The molecule has 0 bridgehead atoms. The number of nitrogens with one attached hydrogen (secondary N) is 1. The molecule has 7 rings (SSSR count). The van der Waals surface area contributed by atoms with E-state index in [0.29, 0.717) is 36.2 Å². The highest BCUT2D eigenvalue weighted by Crippen LogP contribution is 2.42. The van der Waals surface area contributed by atoms with E-state index in [2.05, 4.69) is 20.0 Å². The fourth-order valence-corrected chi connectivity index (χ4v) is 7.29. The summed E-state index contributed by atoms with van der Waals surface area (Å²) in [6.45, 7) is 0.341. The molecule has 3 heterocycles. The van der Waals surface area contributed by atoms with Crippen LogP contribution in [0.5, 0.6) is 5.75 Å². The highest BCUT2D eigenvalue weighted by Gasteiger charge is 2.33. The Bertz CT molecular complexity index is 2030. The largest absolute Gasteiger partial charge is 0.460 e. The Morgan fingerprint density at radius 1 is 0.959 bits per heavy atom. The van der Waals surface area contributed by atoms with Gasteiger partial charge in [0.05, 0.1) is 12.7 Å². The van der Waals surface area contributed by atoms with Gasteiger partial charge in [-0.05, 0) is 53.4 Å². The van der Waals surface area contributed by atoms with E-state index in [4.69, 9.17) is 35.9 Å². The maximum atomic E-state index is 13.7. The summed E-state index contributed by atoms with van der Waals surface area (Å²) in [5.74, 6) is 0.468. The first-order chi connectivity index (χ1) is 24.0. The molecule has 0 aliphatic carbocycles. The molecule has 4 unspecified atom stereocenters. The number of carbonyl (C=O) groups is 1. The molecule has 1 saturated heterocycles. The smallest absolute Gasteiger partial charge is 0.324 e. The summed E-state index contributed by atoms with van der Waals surface area (Å²) in [5, 5.41) is 5.54. The Hall–Kier alpha value is -4.64. The zero-order valence-corrected chi connectivity index (χ0v) is 28.0. The van der Waals surface area contributed by atoms with Crippen LogP contribution in [-0.2, 0) is 31.8 Å². The molecule has 0 saturated carbocycles. The molecule has 3 N–H and O–H groups in total. The lowest BCUT2D eigenvalue weighted by Crippen LogP contribution is -2.38. The Kier molecular flexibility index (Phi) is 10.3. The van der Waals surface area contributed by atoms with Gasteiger partial charge in [-0.15, -0.1) is 0 Å². The van der Waals surface area contributed by atoms with Crippen LogP contribution in [0.1, 0.15) is 30.2 Å². The van der Waals surface area contributed by atoms with E-state index in [1.807, 2.05) is 103 Å². The molecule has 1 fully saturated rings. The second kappa shape index (κ2) is 15.3. The van der Waals surface area contributed by atoms with Crippen molar-refractivity contribution in [2.45, 2.75) is 44.2 Å². The lowest BCUT2D eigenvalue weighted by molar-refractivity contribution is -0.147. The van der Waals surface area contributed by atoms with Crippen molar-refractivity contribution in [1.82, 2.24) is 24.6 Å². The first-order valence-corrected chi connectivity index (χ1v) is 17.5. The number of esters is 1. The first-order valence-electron chi connectivity index (χ1n) is 15.9. The molecule has 0 radical (unpaired) electrons. The van der Waals surface area contributed by atoms with Crippen molar-refractivity contribution < 1.29 is 23.3 Å². The maximum absolute atomic E-state index is 13.7. The minimum atomic E-state index is -1.87. The van der Waals surface area contributed by atoms with Crippen molar-refractivity contribution in [3.63, 3.8) is 0 Å². The predicted molar refractivity (Wildman–Crippen MR) is 189 cm³/mol. The van der Waals surface area contributed by atoms with Crippen molar-refractivity contribution >= 4 is 53.9 Å². The number of nitrogens with two attached hydrogens (primary N) is 1. The Morgan fingerprint density at radius 2 is 1.69 bits per heavy atom. The van der Waals surface area contributed by atoms with E-state index < -0.39 is 26.8 Å². The van der Waals surface area contributed by atoms with E-state index in [0.717, 1.165) is 21.9 Å². The number of rotatable bonds is 13. The van der Waals surface area contributed by atoms with Crippen molar-refractivity contribution in [3.05, 3.63) is 126 Å². The van der Waals surface area contributed by atoms with E-state index in [1.165, 1.54) is 6.33 Å². The van der Waals surface area contributed by atoms with Crippen LogP contribution in [0.3, 0.4) is 0 Å². The molecule has 0 spiro atoms. The molecular formula is C36H34ClN6O5P. The third-order valence-corrected chi connectivity index (χ3v) is 9.73. The summed E-state index contributed by atoms with van der Waals surface area (Å²) in [6, 6.07) is 32.4. The second-order valence-electron chi connectivity index (χ2n) is 11.6. The van der Waals surface area contributed by atoms with E-state index in [-0.39, 0.29) is 30.4 Å². The number of fused-ring (bicyclic) bond motifs is 2. The number of hydrogen-bond donors (Lipinski definition) is 2. The quantitative estimate of drug-likeness (QED) is 0.0727. The van der Waals surface area contributed by atoms with Crippen LogP contribution in [0.25, 0.3) is 21.9 Å². The molecule has 0 amide bonds. The second-order valence-corrected chi connectivity index (χ2v) is 13.1. The zero-order chi connectivity index (χ0) is 33.6. The van der Waals surface area contributed by atoms with Gasteiger partial charge in [-0.3, -0.25) is 9.36 Å². The molecule has 4 aromatic carbocycles. The van der Waals surface area contributed by atoms with Gasteiger partial charge in [0.1, 0.15) is 31.0 Å². The molecule has 1 aliphatic heterocycles. The fraction of sp³-hybridized carbons (Fsp3) is 0.222. The number of ether oxygens (including phenoxy) is 2. The van der Waals surface area contributed by atoms with Crippen LogP contribution in [0.4, 0.5) is 5.82 Å². The molecular weight excluding hydrogens is 663 g/mol. The molecule has 11 nitrogen and oxygen atoms in total. The third kappa shape index (κ3) is 7.83. The van der Waals surface area contributed by atoms with Crippen LogP contribution in [0.15, 0.2) is 109 Å². The minimum absolute atomic E-state index is 0.148. The average Bonchev–Trinajstić information content (AvgIpc) is 3.74. The number of halogens is 1. The van der Waals surface area contributed by atoms with Gasteiger partial charge in [0.25, 0.3) is 0 Å². The average molecular weight is 697 g/mol. The summed E-state index contributed by atoms with van der Waals surface area (Å²) in [4.78, 5) is 26.4. The zero-order valence-electron chi connectivity index (χ0n) is 26.4. The summed E-state index contributed by atoms with van der Waals surface area (Å²) in [5.41, 5.74) is 8.80. The SMILES string of the molecule is Nc1ncnc2c1nc(Cl)n2C1CCC(COP(NC(Cc2ccccc2)C(=O)OCc2ccccc2)Oc2cccc3ccccc23)O1. The topological polar surface area (TPSA) is 136 Å². The highest BCUT2D eigenvalue weighted by molar-refractivity contribution is 7.45. The number of anilines is 1. The molecule has 1 aliphatic rings. The van der Waals surface area contributed by atoms with Crippen LogP contribution in [0, 0.1) is 0 Å². The van der Waals surface area contributed by atoms with E-state index in [9.17, 15) is 4.79 Å². The number of nitrogen functional groups attached to an aromatic ring is 1. The summed E-state index contributed by atoms with van der Waals surface area (Å²) in [6.07, 6.45) is 2.37. The molecule has 2 aromatic heterocycles. The van der Waals surface area contributed by atoms with Gasteiger partial charge in [-0.25, -0.2) is 20.0 Å². The summed E-state index contributed by atoms with van der Waals surface area (Å²) < 4.78 is 26.9. The van der Waals surface area contributed by atoms with E-state index >= 15 is 0 Å².